The maximum atomic E-state index is 8.58. The summed E-state index contributed by atoms with van der Waals surface area (Å²) >= 11 is 0. The molecule has 96 valence electrons. The molecule has 2 atom stereocenters. The van der Waals surface area contributed by atoms with E-state index >= 15 is 0 Å². The van der Waals surface area contributed by atoms with Gasteiger partial charge in [-0.1, -0.05) is 25.4 Å². The van der Waals surface area contributed by atoms with Crippen molar-refractivity contribution in [1.82, 2.24) is 4.90 Å². The van der Waals surface area contributed by atoms with Crippen molar-refractivity contribution in [2.75, 3.05) is 6.54 Å². The molecular weight excluding hydrogens is 202 g/mol. The summed E-state index contributed by atoms with van der Waals surface area (Å²) in [6.07, 6.45) is 4.16. The maximum absolute atomic E-state index is 8.58. The van der Waals surface area contributed by atoms with Crippen molar-refractivity contribution in [3.05, 3.63) is 0 Å². The van der Waals surface area contributed by atoms with Crippen LogP contribution >= 0.6 is 0 Å². The average molecular weight is 229 g/mol. The third kappa shape index (κ3) is 5.35. The van der Waals surface area contributed by atoms with Crippen LogP contribution in [0.1, 0.15) is 53.4 Å². The predicted molar refractivity (Wildman–Crippen MR) is 68.9 cm³/mol. The monoisotopic (exact) mass is 229 g/mol. The third-order valence-corrected chi connectivity index (χ3v) is 3.13. The van der Waals surface area contributed by atoms with Crippen molar-refractivity contribution in [2.45, 2.75) is 65.5 Å². The van der Waals surface area contributed by atoms with Crippen LogP contribution in [0.25, 0.3) is 0 Å². The van der Waals surface area contributed by atoms with Crippen molar-refractivity contribution in [2.24, 2.45) is 10.9 Å². The van der Waals surface area contributed by atoms with E-state index in [1.807, 2.05) is 0 Å². The number of oxime groups is 1. The minimum atomic E-state index is 0.317. The highest BCUT2D eigenvalue weighted by atomic mass is 16.4. The van der Waals surface area contributed by atoms with E-state index in [0.717, 1.165) is 13.0 Å². The molecule has 0 aliphatic heterocycles. The highest BCUT2D eigenvalue weighted by molar-refractivity contribution is 5.80. The molecule has 2 unspecified atom stereocenters. The average Bonchev–Trinajstić information content (AvgIpc) is 2.28. The Labute approximate surface area is 99.5 Å². The van der Waals surface area contributed by atoms with Gasteiger partial charge in [-0.25, -0.2) is 0 Å². The fraction of sp³-hybridized carbons (Fsp3) is 0.917. The van der Waals surface area contributed by atoms with Crippen LogP contribution in [0.15, 0.2) is 5.16 Å². The fourth-order valence-corrected chi connectivity index (χ4v) is 1.91. The second kappa shape index (κ2) is 8.39. The Balaban J connectivity index is 4.36. The smallest absolute Gasteiger partial charge is 0.140 e. The normalized spacial score (nSPS) is 16.4. The topological polar surface area (TPSA) is 61.8 Å². The van der Waals surface area contributed by atoms with E-state index in [9.17, 15) is 0 Å². The van der Waals surface area contributed by atoms with Crippen LogP contribution in [0, 0.1) is 0 Å². The molecule has 0 bridgehead atoms. The van der Waals surface area contributed by atoms with Gasteiger partial charge in [0.05, 0.1) is 0 Å². The summed E-state index contributed by atoms with van der Waals surface area (Å²) < 4.78 is 0. The molecule has 0 saturated heterocycles. The zero-order valence-electron chi connectivity index (χ0n) is 11.1. The first-order valence-corrected chi connectivity index (χ1v) is 6.28. The summed E-state index contributed by atoms with van der Waals surface area (Å²) in [4.78, 5) is 2.45. The molecule has 0 aromatic carbocycles. The number of rotatable bonds is 8. The molecule has 0 aliphatic carbocycles. The Kier molecular flexibility index (Phi) is 7.99. The SMILES string of the molecule is CCCCN(C(C)CC)C(C)CC(N)=NO. The lowest BCUT2D eigenvalue weighted by Gasteiger charge is -2.34. The van der Waals surface area contributed by atoms with E-state index in [0.29, 0.717) is 24.3 Å². The molecule has 0 radical (unpaired) electrons. The Bertz CT molecular complexity index is 206. The highest BCUT2D eigenvalue weighted by Gasteiger charge is 2.19. The van der Waals surface area contributed by atoms with E-state index in [1.54, 1.807) is 0 Å². The minimum Gasteiger partial charge on any atom is -0.409 e. The molecule has 4 nitrogen and oxygen atoms in total. The molecule has 0 aromatic heterocycles. The number of amidine groups is 1. The maximum Gasteiger partial charge on any atom is 0.140 e. The van der Waals surface area contributed by atoms with Gasteiger partial charge in [-0.15, -0.1) is 0 Å². The molecule has 0 spiro atoms. The molecular formula is C12H27N3O. The zero-order chi connectivity index (χ0) is 12.6. The molecule has 0 amide bonds. The van der Waals surface area contributed by atoms with E-state index < -0.39 is 0 Å². The summed E-state index contributed by atoms with van der Waals surface area (Å²) in [6.45, 7) is 9.85. The van der Waals surface area contributed by atoms with E-state index in [4.69, 9.17) is 10.9 Å². The van der Waals surface area contributed by atoms with Crippen LogP contribution in [-0.2, 0) is 0 Å². The van der Waals surface area contributed by atoms with Crippen molar-refractivity contribution >= 4 is 5.84 Å². The van der Waals surface area contributed by atoms with Crippen molar-refractivity contribution in [3.63, 3.8) is 0 Å². The third-order valence-electron chi connectivity index (χ3n) is 3.13. The largest absolute Gasteiger partial charge is 0.409 e. The van der Waals surface area contributed by atoms with Crippen LogP contribution in [0.3, 0.4) is 0 Å². The summed E-state index contributed by atoms with van der Waals surface area (Å²) in [5, 5.41) is 11.6. The summed E-state index contributed by atoms with van der Waals surface area (Å²) in [6, 6.07) is 0.880. The van der Waals surface area contributed by atoms with Crippen LogP contribution in [0.4, 0.5) is 0 Å². The second-order valence-electron chi connectivity index (χ2n) is 4.49. The minimum absolute atomic E-state index is 0.317. The highest BCUT2D eigenvalue weighted by Crippen LogP contribution is 2.13. The van der Waals surface area contributed by atoms with Crippen LogP contribution in [-0.4, -0.2) is 34.6 Å². The molecule has 0 aliphatic rings. The lowest BCUT2D eigenvalue weighted by molar-refractivity contribution is 0.150. The van der Waals surface area contributed by atoms with Gasteiger partial charge in [0.1, 0.15) is 5.84 Å². The molecule has 0 heterocycles. The van der Waals surface area contributed by atoms with Gasteiger partial charge in [0.2, 0.25) is 0 Å². The number of nitrogens with zero attached hydrogens (tertiary/aromatic N) is 2. The fourth-order valence-electron chi connectivity index (χ4n) is 1.91. The zero-order valence-corrected chi connectivity index (χ0v) is 11.1. The molecule has 3 N–H and O–H groups in total. The summed E-state index contributed by atoms with van der Waals surface area (Å²) in [5.41, 5.74) is 5.56. The van der Waals surface area contributed by atoms with Crippen molar-refractivity contribution in [1.29, 1.82) is 0 Å². The van der Waals surface area contributed by atoms with Crippen molar-refractivity contribution in [3.8, 4) is 0 Å². The first-order chi connectivity index (χ1) is 7.56. The summed E-state index contributed by atoms with van der Waals surface area (Å²) in [5.74, 6) is 0.317. The first-order valence-electron chi connectivity index (χ1n) is 6.28. The Hall–Kier alpha value is -0.770. The van der Waals surface area contributed by atoms with Gasteiger partial charge in [0, 0.05) is 18.5 Å². The Morgan fingerprint density at radius 3 is 2.38 bits per heavy atom. The molecule has 0 aromatic rings. The van der Waals surface area contributed by atoms with Gasteiger partial charge in [0.15, 0.2) is 0 Å². The lowest BCUT2D eigenvalue weighted by Crippen LogP contribution is -2.42. The number of hydrogen-bond donors (Lipinski definition) is 2. The van der Waals surface area contributed by atoms with Crippen molar-refractivity contribution < 1.29 is 5.21 Å². The van der Waals surface area contributed by atoms with E-state index in [2.05, 4.69) is 37.8 Å². The van der Waals surface area contributed by atoms with Crippen LogP contribution in [0.2, 0.25) is 0 Å². The summed E-state index contributed by atoms with van der Waals surface area (Å²) in [7, 11) is 0. The van der Waals surface area contributed by atoms with Gasteiger partial charge in [-0.05, 0) is 33.2 Å². The van der Waals surface area contributed by atoms with Gasteiger partial charge < -0.3 is 10.9 Å². The molecule has 0 rings (SSSR count). The number of nitrogens with two attached hydrogens (primary N) is 1. The quantitative estimate of drug-likeness (QED) is 0.291. The number of unbranched alkanes of at least 4 members (excludes halogenated alkanes) is 1. The molecule has 4 heteroatoms. The van der Waals surface area contributed by atoms with Crippen LogP contribution in [0.5, 0.6) is 0 Å². The van der Waals surface area contributed by atoms with E-state index in [-0.39, 0.29) is 0 Å². The molecule has 0 fully saturated rings. The molecule has 16 heavy (non-hydrogen) atoms. The molecule has 0 saturated carbocycles. The van der Waals surface area contributed by atoms with Gasteiger partial charge in [-0.2, -0.15) is 0 Å². The first kappa shape index (κ1) is 15.2. The number of hydrogen-bond acceptors (Lipinski definition) is 3. The predicted octanol–water partition coefficient (Wildman–Crippen LogP) is 2.41. The Morgan fingerprint density at radius 1 is 1.31 bits per heavy atom. The standard InChI is InChI=1S/C12H27N3O/c1-5-7-8-15(10(3)6-2)11(4)9-12(13)14-16/h10-11,16H,5-9H2,1-4H3,(H2,13,14). The van der Waals surface area contributed by atoms with Crippen LogP contribution < -0.4 is 5.73 Å². The van der Waals surface area contributed by atoms with Gasteiger partial charge >= 0.3 is 0 Å². The second-order valence-corrected chi connectivity index (χ2v) is 4.49. The Morgan fingerprint density at radius 2 is 1.94 bits per heavy atom. The van der Waals surface area contributed by atoms with E-state index in [1.165, 1.54) is 12.8 Å². The van der Waals surface area contributed by atoms with Gasteiger partial charge in [0.25, 0.3) is 0 Å². The lowest BCUT2D eigenvalue weighted by atomic mass is 10.1. The van der Waals surface area contributed by atoms with Gasteiger partial charge in [-0.3, -0.25) is 4.90 Å².